The largest absolute Gasteiger partial charge is 0.506 e. The summed E-state index contributed by atoms with van der Waals surface area (Å²) in [7, 11) is 5.04. The van der Waals surface area contributed by atoms with Gasteiger partial charge in [-0.25, -0.2) is 0 Å². The van der Waals surface area contributed by atoms with Crippen LogP contribution in [0.1, 0.15) is 5.56 Å². The summed E-state index contributed by atoms with van der Waals surface area (Å²) in [5.74, 6) is 1.77. The summed E-state index contributed by atoms with van der Waals surface area (Å²) < 4.78 is 10.6. The minimum absolute atomic E-state index is 0.116. The molecule has 2 N–H and O–H groups in total. The van der Waals surface area contributed by atoms with Gasteiger partial charge in [-0.2, -0.15) is 0 Å². The van der Waals surface area contributed by atoms with E-state index in [1.54, 1.807) is 25.2 Å². The van der Waals surface area contributed by atoms with Crippen LogP contribution in [0.3, 0.4) is 0 Å². The molecule has 0 bridgehead atoms. The highest BCUT2D eigenvalue weighted by molar-refractivity contribution is 5.76. The molecule has 0 aliphatic carbocycles. The molecule has 1 saturated heterocycles. The molecule has 3 rings (SSSR count). The molecule has 7 nitrogen and oxygen atoms in total. The first-order valence-corrected chi connectivity index (χ1v) is 9.83. The number of nitrogens with one attached hydrogen (secondary N) is 1. The van der Waals surface area contributed by atoms with Crippen LogP contribution in [0.2, 0.25) is 0 Å². The maximum Gasteiger partial charge on any atom is 0.277 e. The molecular weight excluding hydrogens is 370 g/mol. The summed E-state index contributed by atoms with van der Waals surface area (Å²) in [5, 5.41) is 10.0. The van der Waals surface area contributed by atoms with Gasteiger partial charge >= 0.3 is 0 Å². The molecule has 156 valence electrons. The lowest BCUT2D eigenvalue weighted by Gasteiger charge is -2.34. The average Bonchev–Trinajstić information content (AvgIpc) is 2.74. The van der Waals surface area contributed by atoms with Gasteiger partial charge in [0.1, 0.15) is 5.75 Å². The Labute approximate surface area is 172 Å². The van der Waals surface area contributed by atoms with E-state index >= 15 is 0 Å². The molecule has 0 atom stereocenters. The van der Waals surface area contributed by atoms with Crippen LogP contribution in [0.5, 0.6) is 17.2 Å². The van der Waals surface area contributed by atoms with E-state index in [1.165, 1.54) is 4.90 Å². The van der Waals surface area contributed by atoms with Crippen molar-refractivity contribution in [2.45, 2.75) is 6.54 Å². The monoisotopic (exact) mass is 400 g/mol. The number of hydrogen-bond donors (Lipinski definition) is 2. The topological polar surface area (TPSA) is 66.7 Å². The summed E-state index contributed by atoms with van der Waals surface area (Å²) >= 11 is 0. The minimum Gasteiger partial charge on any atom is -0.506 e. The lowest BCUT2D eigenvalue weighted by Crippen LogP contribution is -3.15. The standard InChI is InChI=1S/C22H29N3O4/c1-23(15-17-8-9-20(28-2)21(14-17)29-3)22(27)16-24-10-12-25(13-11-24)18-6-4-5-7-19(18)26/h4-9,14,26H,10-13,15-16H2,1-3H3/p+1. The van der Waals surface area contributed by atoms with Crippen LogP contribution in [0.25, 0.3) is 0 Å². The van der Waals surface area contributed by atoms with E-state index in [4.69, 9.17) is 9.47 Å². The van der Waals surface area contributed by atoms with Crippen molar-refractivity contribution in [2.24, 2.45) is 0 Å². The fourth-order valence-corrected chi connectivity index (χ4v) is 3.66. The summed E-state index contributed by atoms with van der Waals surface area (Å²) in [5.41, 5.74) is 1.86. The Morgan fingerprint density at radius 1 is 1.10 bits per heavy atom. The second-order valence-electron chi connectivity index (χ2n) is 7.34. The maximum absolute atomic E-state index is 12.7. The number of carbonyl (C=O) groups excluding carboxylic acids is 1. The van der Waals surface area contributed by atoms with Gasteiger partial charge in [0.25, 0.3) is 5.91 Å². The number of para-hydroxylation sites is 2. The molecule has 1 fully saturated rings. The molecule has 0 aromatic heterocycles. The van der Waals surface area contributed by atoms with E-state index in [2.05, 4.69) is 4.90 Å². The third kappa shape index (κ3) is 5.12. The van der Waals surface area contributed by atoms with Gasteiger partial charge < -0.3 is 29.3 Å². The predicted molar refractivity (Wildman–Crippen MR) is 112 cm³/mol. The van der Waals surface area contributed by atoms with Crippen LogP contribution in [0, 0.1) is 0 Å². The van der Waals surface area contributed by atoms with E-state index in [9.17, 15) is 9.90 Å². The fourth-order valence-electron chi connectivity index (χ4n) is 3.66. The van der Waals surface area contributed by atoms with Crippen molar-refractivity contribution >= 4 is 11.6 Å². The number of likely N-dealkylation sites (N-methyl/N-ethyl adjacent to an activating group) is 1. The first kappa shape index (κ1) is 20.8. The highest BCUT2D eigenvalue weighted by Crippen LogP contribution is 2.28. The molecule has 1 aliphatic rings. The SMILES string of the molecule is COc1ccc(CN(C)C(=O)C[NH+]2CCN(c3ccccc3O)CC2)cc1OC. The number of piperazine rings is 1. The van der Waals surface area contributed by atoms with Gasteiger partial charge in [0.05, 0.1) is 46.1 Å². The molecule has 0 spiro atoms. The highest BCUT2D eigenvalue weighted by atomic mass is 16.5. The molecule has 2 aromatic rings. The number of rotatable bonds is 7. The number of nitrogens with zero attached hydrogens (tertiary/aromatic N) is 2. The number of ether oxygens (including phenoxy) is 2. The molecule has 29 heavy (non-hydrogen) atoms. The Morgan fingerprint density at radius 3 is 2.45 bits per heavy atom. The van der Waals surface area contributed by atoms with Crippen LogP contribution < -0.4 is 19.3 Å². The summed E-state index contributed by atoms with van der Waals surface area (Å²) in [6.07, 6.45) is 0. The molecule has 0 saturated carbocycles. The zero-order valence-corrected chi connectivity index (χ0v) is 17.4. The van der Waals surface area contributed by atoms with Gasteiger partial charge in [-0.15, -0.1) is 0 Å². The van der Waals surface area contributed by atoms with E-state index < -0.39 is 0 Å². The second-order valence-corrected chi connectivity index (χ2v) is 7.34. The maximum atomic E-state index is 12.7. The van der Waals surface area contributed by atoms with E-state index in [-0.39, 0.29) is 5.91 Å². The van der Waals surface area contributed by atoms with Gasteiger partial charge in [-0.1, -0.05) is 18.2 Å². The third-order valence-electron chi connectivity index (χ3n) is 5.39. The van der Waals surface area contributed by atoms with Gasteiger partial charge in [-0.3, -0.25) is 4.79 Å². The molecular formula is C22H30N3O4+. The van der Waals surface area contributed by atoms with Crippen molar-refractivity contribution in [1.29, 1.82) is 0 Å². The molecule has 1 amide bonds. The zero-order valence-electron chi connectivity index (χ0n) is 17.4. The Balaban J connectivity index is 1.51. The Morgan fingerprint density at radius 2 is 1.79 bits per heavy atom. The van der Waals surface area contributed by atoms with E-state index in [1.807, 2.05) is 43.4 Å². The van der Waals surface area contributed by atoms with E-state index in [0.29, 0.717) is 30.3 Å². The van der Waals surface area contributed by atoms with Crippen LogP contribution in [-0.2, 0) is 11.3 Å². The molecule has 0 radical (unpaired) electrons. The first-order chi connectivity index (χ1) is 14.0. The number of aromatic hydroxyl groups is 1. The van der Waals surface area contributed by atoms with Crippen LogP contribution >= 0.6 is 0 Å². The number of anilines is 1. The smallest absolute Gasteiger partial charge is 0.277 e. The normalized spacial score (nSPS) is 14.5. The molecule has 1 aliphatic heterocycles. The van der Waals surface area contributed by atoms with Crippen LogP contribution in [0.15, 0.2) is 42.5 Å². The van der Waals surface area contributed by atoms with Crippen molar-refractivity contribution in [2.75, 3.05) is 58.9 Å². The van der Waals surface area contributed by atoms with Crippen molar-refractivity contribution in [1.82, 2.24) is 4.90 Å². The lowest BCUT2D eigenvalue weighted by atomic mass is 10.2. The number of phenolic OH excluding ortho intramolecular Hbond substituents is 1. The second kappa shape index (κ2) is 9.52. The number of hydrogen-bond acceptors (Lipinski definition) is 5. The number of amides is 1. The van der Waals surface area contributed by atoms with Crippen molar-refractivity contribution < 1.29 is 24.3 Å². The molecule has 7 heteroatoms. The van der Waals surface area contributed by atoms with Crippen LogP contribution in [0.4, 0.5) is 5.69 Å². The average molecular weight is 400 g/mol. The van der Waals surface area contributed by atoms with Crippen molar-refractivity contribution in [3.05, 3.63) is 48.0 Å². The third-order valence-corrected chi connectivity index (χ3v) is 5.39. The number of phenols is 1. The summed E-state index contributed by atoms with van der Waals surface area (Å²) in [4.78, 5) is 17.9. The van der Waals surface area contributed by atoms with Gasteiger partial charge in [0.2, 0.25) is 0 Å². The van der Waals surface area contributed by atoms with Crippen LogP contribution in [-0.4, -0.2) is 69.9 Å². The van der Waals surface area contributed by atoms with E-state index in [0.717, 1.165) is 37.4 Å². The Bertz CT molecular complexity index is 835. The Hall–Kier alpha value is -2.93. The Kier molecular flexibility index (Phi) is 6.82. The van der Waals surface area contributed by atoms with Crippen molar-refractivity contribution in [3.63, 3.8) is 0 Å². The summed E-state index contributed by atoms with van der Waals surface area (Å²) in [6.45, 7) is 4.36. The zero-order chi connectivity index (χ0) is 20.8. The van der Waals surface area contributed by atoms with Gasteiger partial charge in [0, 0.05) is 13.6 Å². The number of benzene rings is 2. The molecule has 2 aromatic carbocycles. The van der Waals surface area contributed by atoms with Gasteiger partial charge in [0.15, 0.2) is 18.0 Å². The lowest BCUT2D eigenvalue weighted by molar-refractivity contribution is -0.892. The molecule has 0 unspecified atom stereocenters. The predicted octanol–water partition coefficient (Wildman–Crippen LogP) is 0.773. The highest BCUT2D eigenvalue weighted by Gasteiger charge is 2.25. The minimum atomic E-state index is 0.116. The number of quaternary nitrogens is 1. The first-order valence-electron chi connectivity index (χ1n) is 9.83. The molecule has 1 heterocycles. The fraction of sp³-hybridized carbons (Fsp3) is 0.409. The summed E-state index contributed by atoms with van der Waals surface area (Å²) in [6, 6.07) is 13.1. The van der Waals surface area contributed by atoms with Crippen molar-refractivity contribution in [3.8, 4) is 17.2 Å². The quantitative estimate of drug-likeness (QED) is 0.719. The number of carbonyl (C=O) groups is 1. The number of methoxy groups -OCH3 is 2. The van der Waals surface area contributed by atoms with Gasteiger partial charge in [-0.05, 0) is 29.8 Å².